The van der Waals surface area contributed by atoms with E-state index in [1.54, 1.807) is 12.4 Å². The molecule has 0 saturated carbocycles. The molecule has 2 rings (SSSR count). The van der Waals surface area contributed by atoms with Gasteiger partial charge in [0.25, 0.3) is 0 Å². The molecular formula is C13H14N2O. The van der Waals surface area contributed by atoms with Crippen LogP contribution in [0, 0.1) is 0 Å². The van der Waals surface area contributed by atoms with Crippen LogP contribution in [0.25, 0.3) is 11.1 Å². The highest BCUT2D eigenvalue weighted by atomic mass is 16.3. The molecule has 0 aliphatic heterocycles. The van der Waals surface area contributed by atoms with Gasteiger partial charge in [-0.1, -0.05) is 24.3 Å². The molecule has 0 fully saturated rings. The summed E-state index contributed by atoms with van der Waals surface area (Å²) < 4.78 is 0. The Morgan fingerprint density at radius 1 is 1.12 bits per heavy atom. The van der Waals surface area contributed by atoms with E-state index in [-0.39, 0.29) is 12.6 Å². The van der Waals surface area contributed by atoms with E-state index < -0.39 is 0 Å². The first-order chi connectivity index (χ1) is 7.83. The van der Waals surface area contributed by atoms with Crippen molar-refractivity contribution in [3.05, 3.63) is 54.4 Å². The zero-order valence-corrected chi connectivity index (χ0v) is 8.88. The van der Waals surface area contributed by atoms with Crippen LogP contribution < -0.4 is 5.73 Å². The van der Waals surface area contributed by atoms with Crippen molar-refractivity contribution in [2.24, 2.45) is 5.73 Å². The summed E-state index contributed by atoms with van der Waals surface area (Å²) in [6.45, 7) is -0.0535. The van der Waals surface area contributed by atoms with E-state index in [2.05, 4.69) is 4.98 Å². The average Bonchev–Trinajstić information content (AvgIpc) is 2.39. The third-order valence-electron chi connectivity index (χ3n) is 2.55. The monoisotopic (exact) mass is 214 g/mol. The molecule has 82 valence electrons. The second-order valence-corrected chi connectivity index (χ2v) is 3.61. The summed E-state index contributed by atoms with van der Waals surface area (Å²) >= 11 is 0. The first-order valence-electron chi connectivity index (χ1n) is 5.18. The lowest BCUT2D eigenvalue weighted by Crippen LogP contribution is -2.15. The first kappa shape index (κ1) is 10.8. The molecule has 0 bridgehead atoms. The van der Waals surface area contributed by atoms with E-state index >= 15 is 0 Å². The van der Waals surface area contributed by atoms with Crippen molar-refractivity contribution in [2.75, 3.05) is 6.61 Å². The van der Waals surface area contributed by atoms with Crippen LogP contribution in [0.1, 0.15) is 11.6 Å². The van der Waals surface area contributed by atoms with Gasteiger partial charge in [-0.25, -0.2) is 0 Å². The second-order valence-electron chi connectivity index (χ2n) is 3.61. The van der Waals surface area contributed by atoms with Gasteiger partial charge in [0.2, 0.25) is 0 Å². The van der Waals surface area contributed by atoms with Crippen molar-refractivity contribution < 1.29 is 5.11 Å². The van der Waals surface area contributed by atoms with Crippen molar-refractivity contribution in [3.63, 3.8) is 0 Å². The van der Waals surface area contributed by atoms with Crippen LogP contribution >= 0.6 is 0 Å². The second kappa shape index (κ2) is 4.88. The summed E-state index contributed by atoms with van der Waals surface area (Å²) in [6.07, 6.45) is 3.49. The molecule has 0 radical (unpaired) electrons. The van der Waals surface area contributed by atoms with Gasteiger partial charge in [-0.05, 0) is 28.8 Å². The van der Waals surface area contributed by atoms with E-state index in [0.29, 0.717) is 0 Å². The molecule has 0 unspecified atom stereocenters. The number of hydrogen-bond donors (Lipinski definition) is 2. The molecule has 1 atom stereocenters. The summed E-state index contributed by atoms with van der Waals surface area (Å²) in [5.41, 5.74) is 8.93. The summed E-state index contributed by atoms with van der Waals surface area (Å²) in [4.78, 5) is 3.98. The topological polar surface area (TPSA) is 59.1 Å². The van der Waals surface area contributed by atoms with Gasteiger partial charge < -0.3 is 10.8 Å². The maximum absolute atomic E-state index is 9.12. The summed E-state index contributed by atoms with van der Waals surface area (Å²) in [5, 5.41) is 9.12. The standard InChI is InChI=1S/C13H14N2O/c14-13(9-16)12-4-2-1-3-11(12)10-5-7-15-8-6-10/h1-8,13,16H,9,14H2/t13-/m1/s1. The Hall–Kier alpha value is -1.71. The lowest BCUT2D eigenvalue weighted by Gasteiger charge is -2.14. The van der Waals surface area contributed by atoms with Gasteiger partial charge in [-0.2, -0.15) is 0 Å². The molecule has 2 aromatic rings. The molecular weight excluding hydrogens is 200 g/mol. The quantitative estimate of drug-likeness (QED) is 0.818. The molecule has 0 amide bonds. The lowest BCUT2D eigenvalue weighted by atomic mass is 9.96. The molecule has 1 heterocycles. The van der Waals surface area contributed by atoms with Crippen molar-refractivity contribution in [3.8, 4) is 11.1 Å². The molecule has 1 aromatic heterocycles. The molecule has 1 aromatic carbocycles. The van der Waals surface area contributed by atoms with Crippen LogP contribution in [0.2, 0.25) is 0 Å². The predicted octanol–water partition coefficient (Wildman–Crippen LogP) is 1.74. The van der Waals surface area contributed by atoms with Gasteiger partial charge in [0.15, 0.2) is 0 Å². The Morgan fingerprint density at radius 3 is 2.50 bits per heavy atom. The number of pyridine rings is 1. The highest BCUT2D eigenvalue weighted by molar-refractivity contribution is 5.67. The number of aromatic nitrogens is 1. The normalized spacial score (nSPS) is 12.4. The van der Waals surface area contributed by atoms with Crippen molar-refractivity contribution in [2.45, 2.75) is 6.04 Å². The highest BCUT2D eigenvalue weighted by Crippen LogP contribution is 2.26. The molecule has 3 nitrogen and oxygen atoms in total. The molecule has 0 aliphatic rings. The van der Waals surface area contributed by atoms with Crippen molar-refractivity contribution >= 4 is 0 Å². The largest absolute Gasteiger partial charge is 0.394 e. The van der Waals surface area contributed by atoms with Gasteiger partial charge in [-0.15, -0.1) is 0 Å². The van der Waals surface area contributed by atoms with Gasteiger partial charge in [0.05, 0.1) is 12.6 Å². The lowest BCUT2D eigenvalue weighted by molar-refractivity contribution is 0.268. The molecule has 16 heavy (non-hydrogen) atoms. The van der Waals surface area contributed by atoms with Crippen LogP contribution in [0.15, 0.2) is 48.8 Å². The van der Waals surface area contributed by atoms with Crippen LogP contribution in [-0.4, -0.2) is 16.7 Å². The van der Waals surface area contributed by atoms with Crippen LogP contribution in [0.4, 0.5) is 0 Å². The number of nitrogens with two attached hydrogens (primary N) is 1. The summed E-state index contributed by atoms with van der Waals surface area (Å²) in [5.74, 6) is 0. The third kappa shape index (κ3) is 2.10. The Bertz CT molecular complexity index is 456. The minimum absolute atomic E-state index is 0.0535. The van der Waals surface area contributed by atoms with Crippen LogP contribution in [0.3, 0.4) is 0 Å². The number of aliphatic hydroxyl groups is 1. The average molecular weight is 214 g/mol. The maximum atomic E-state index is 9.12. The number of aliphatic hydroxyl groups excluding tert-OH is 1. The van der Waals surface area contributed by atoms with Gasteiger partial charge in [0.1, 0.15) is 0 Å². The number of rotatable bonds is 3. The smallest absolute Gasteiger partial charge is 0.0624 e. The van der Waals surface area contributed by atoms with Gasteiger partial charge in [0, 0.05) is 12.4 Å². The maximum Gasteiger partial charge on any atom is 0.0624 e. The van der Waals surface area contributed by atoms with Gasteiger partial charge in [-0.3, -0.25) is 4.98 Å². The summed E-state index contributed by atoms with van der Waals surface area (Å²) in [6, 6.07) is 11.4. The van der Waals surface area contributed by atoms with Gasteiger partial charge >= 0.3 is 0 Å². The third-order valence-corrected chi connectivity index (χ3v) is 2.55. The molecule has 0 saturated heterocycles. The molecule has 3 N–H and O–H groups in total. The Labute approximate surface area is 94.6 Å². The van der Waals surface area contributed by atoms with E-state index in [1.807, 2.05) is 36.4 Å². The number of benzene rings is 1. The Balaban J connectivity index is 2.49. The molecule has 0 aliphatic carbocycles. The van der Waals surface area contributed by atoms with E-state index in [9.17, 15) is 0 Å². The molecule has 0 spiro atoms. The van der Waals surface area contributed by atoms with E-state index in [0.717, 1.165) is 16.7 Å². The van der Waals surface area contributed by atoms with Crippen molar-refractivity contribution in [1.82, 2.24) is 4.98 Å². The number of nitrogens with zero attached hydrogens (tertiary/aromatic N) is 1. The minimum atomic E-state index is -0.343. The predicted molar refractivity (Wildman–Crippen MR) is 63.7 cm³/mol. The van der Waals surface area contributed by atoms with Crippen molar-refractivity contribution in [1.29, 1.82) is 0 Å². The Kier molecular flexibility index (Phi) is 3.29. The number of hydrogen-bond acceptors (Lipinski definition) is 3. The fraction of sp³-hybridized carbons (Fsp3) is 0.154. The summed E-state index contributed by atoms with van der Waals surface area (Å²) in [7, 11) is 0. The fourth-order valence-electron chi connectivity index (χ4n) is 1.71. The molecule has 3 heteroatoms. The first-order valence-corrected chi connectivity index (χ1v) is 5.18. The van der Waals surface area contributed by atoms with E-state index in [4.69, 9.17) is 10.8 Å². The highest BCUT2D eigenvalue weighted by Gasteiger charge is 2.10. The SMILES string of the molecule is N[C@H](CO)c1ccccc1-c1ccncc1. The Morgan fingerprint density at radius 2 is 1.81 bits per heavy atom. The van der Waals surface area contributed by atoms with E-state index in [1.165, 1.54) is 0 Å². The van der Waals surface area contributed by atoms with Crippen LogP contribution in [-0.2, 0) is 0 Å². The minimum Gasteiger partial charge on any atom is -0.394 e. The zero-order valence-electron chi connectivity index (χ0n) is 8.88. The fourth-order valence-corrected chi connectivity index (χ4v) is 1.71. The zero-order chi connectivity index (χ0) is 11.4. The van der Waals surface area contributed by atoms with Crippen LogP contribution in [0.5, 0.6) is 0 Å².